The van der Waals surface area contributed by atoms with Crippen LogP contribution in [0.4, 0.5) is 5.69 Å². The molecule has 8 heteroatoms. The maximum absolute atomic E-state index is 12.9. The third-order valence-corrected chi connectivity index (χ3v) is 6.25. The van der Waals surface area contributed by atoms with Gasteiger partial charge in [-0.2, -0.15) is 0 Å². The van der Waals surface area contributed by atoms with Crippen molar-refractivity contribution in [1.82, 2.24) is 9.80 Å². The van der Waals surface area contributed by atoms with Gasteiger partial charge in [-0.1, -0.05) is 12.1 Å². The van der Waals surface area contributed by atoms with E-state index in [9.17, 15) is 19.2 Å². The van der Waals surface area contributed by atoms with Crippen LogP contribution in [0, 0.1) is 5.92 Å². The van der Waals surface area contributed by atoms with E-state index >= 15 is 0 Å². The van der Waals surface area contributed by atoms with Gasteiger partial charge in [-0.15, -0.1) is 0 Å². The van der Waals surface area contributed by atoms with E-state index in [1.54, 1.807) is 4.90 Å². The maximum atomic E-state index is 12.9. The van der Waals surface area contributed by atoms with Crippen LogP contribution in [0.15, 0.2) is 24.3 Å². The number of hydrogen-bond donors (Lipinski definition) is 1. The molecule has 3 aliphatic heterocycles. The van der Waals surface area contributed by atoms with E-state index in [1.807, 2.05) is 29.2 Å². The molecular formula is C21H26N4O4. The number of nitrogens with two attached hydrogens (primary N) is 1. The summed E-state index contributed by atoms with van der Waals surface area (Å²) in [6.07, 6.45) is 2.89. The van der Waals surface area contributed by atoms with Crippen molar-refractivity contribution in [3.63, 3.8) is 0 Å². The van der Waals surface area contributed by atoms with Crippen molar-refractivity contribution in [3.05, 3.63) is 29.8 Å². The van der Waals surface area contributed by atoms with E-state index in [4.69, 9.17) is 5.73 Å². The monoisotopic (exact) mass is 398 g/mol. The highest BCUT2D eigenvalue weighted by molar-refractivity contribution is 6.05. The quantitative estimate of drug-likeness (QED) is 0.733. The first-order chi connectivity index (χ1) is 13.9. The number of primary amides is 1. The predicted molar refractivity (Wildman–Crippen MR) is 105 cm³/mol. The van der Waals surface area contributed by atoms with Crippen LogP contribution in [0.5, 0.6) is 0 Å². The number of carbonyl (C=O) groups excluding carboxylic acids is 4. The highest BCUT2D eigenvalue weighted by Crippen LogP contribution is 2.27. The minimum atomic E-state index is -0.446. The van der Waals surface area contributed by atoms with Crippen LogP contribution in [-0.2, 0) is 25.7 Å². The summed E-state index contributed by atoms with van der Waals surface area (Å²) < 4.78 is 0. The van der Waals surface area contributed by atoms with Gasteiger partial charge in [-0.3, -0.25) is 29.0 Å². The molecule has 29 heavy (non-hydrogen) atoms. The Labute approximate surface area is 169 Å². The van der Waals surface area contributed by atoms with E-state index in [1.165, 1.54) is 4.90 Å². The zero-order chi connectivity index (χ0) is 20.5. The lowest BCUT2D eigenvalue weighted by atomic mass is 9.95. The Morgan fingerprint density at radius 2 is 1.69 bits per heavy atom. The summed E-state index contributed by atoms with van der Waals surface area (Å²) in [7, 11) is 0. The number of imide groups is 1. The molecule has 1 aromatic rings. The van der Waals surface area contributed by atoms with Crippen LogP contribution in [0.3, 0.4) is 0 Å². The third-order valence-electron chi connectivity index (χ3n) is 6.25. The van der Waals surface area contributed by atoms with Crippen molar-refractivity contribution in [2.45, 2.75) is 44.7 Å². The fraction of sp³-hybridized carbons (Fsp3) is 0.524. The number of carbonyl (C=O) groups is 4. The van der Waals surface area contributed by atoms with Gasteiger partial charge in [0.25, 0.3) is 0 Å². The lowest BCUT2D eigenvalue weighted by Crippen LogP contribution is -2.47. The second-order valence-electron chi connectivity index (χ2n) is 8.07. The standard InChI is InChI=1S/C21H26N4O4/c22-20(28)15-7-10-23(11-8-15)17-12-19(27)25(21(17)29)13-14-3-5-16(6-4-14)24-9-1-2-18(24)26/h3-6,15,17H,1-2,7-13H2,(H2,22,28)/t17-/m1/s1. The van der Waals surface area contributed by atoms with Crippen molar-refractivity contribution in [3.8, 4) is 0 Å². The number of likely N-dealkylation sites (tertiary alicyclic amines) is 2. The molecule has 3 saturated heterocycles. The number of piperidine rings is 1. The lowest BCUT2D eigenvalue weighted by molar-refractivity contribution is -0.140. The molecule has 4 amide bonds. The molecule has 3 fully saturated rings. The second kappa shape index (κ2) is 7.94. The highest BCUT2D eigenvalue weighted by Gasteiger charge is 2.43. The summed E-state index contributed by atoms with van der Waals surface area (Å²) in [6, 6.07) is 7.03. The molecule has 0 spiro atoms. The van der Waals surface area contributed by atoms with Gasteiger partial charge < -0.3 is 10.6 Å². The van der Waals surface area contributed by atoms with Crippen molar-refractivity contribution in [1.29, 1.82) is 0 Å². The lowest BCUT2D eigenvalue weighted by Gasteiger charge is -2.33. The number of benzene rings is 1. The van der Waals surface area contributed by atoms with Crippen LogP contribution < -0.4 is 10.6 Å². The smallest absolute Gasteiger partial charge is 0.247 e. The normalized spacial score (nSPS) is 24.0. The number of amides is 4. The van der Waals surface area contributed by atoms with Crippen molar-refractivity contribution in [2.24, 2.45) is 11.7 Å². The van der Waals surface area contributed by atoms with Crippen molar-refractivity contribution in [2.75, 3.05) is 24.5 Å². The molecular weight excluding hydrogens is 372 g/mol. The number of hydrogen-bond acceptors (Lipinski definition) is 5. The summed E-state index contributed by atoms with van der Waals surface area (Å²) in [5.74, 6) is -0.650. The molecule has 154 valence electrons. The Bertz CT molecular complexity index is 830. The molecule has 1 atom stereocenters. The molecule has 8 nitrogen and oxygen atoms in total. The largest absolute Gasteiger partial charge is 0.369 e. The molecule has 1 aromatic carbocycles. The molecule has 0 aromatic heterocycles. The van der Waals surface area contributed by atoms with E-state index in [-0.39, 0.29) is 42.5 Å². The highest BCUT2D eigenvalue weighted by atomic mass is 16.2. The van der Waals surface area contributed by atoms with Crippen molar-refractivity contribution < 1.29 is 19.2 Å². The van der Waals surface area contributed by atoms with Gasteiger partial charge >= 0.3 is 0 Å². The molecule has 0 radical (unpaired) electrons. The number of anilines is 1. The van der Waals surface area contributed by atoms with E-state index in [0.717, 1.165) is 24.2 Å². The first-order valence-electron chi connectivity index (χ1n) is 10.2. The number of nitrogens with zero attached hydrogens (tertiary/aromatic N) is 3. The first-order valence-corrected chi connectivity index (χ1v) is 10.2. The zero-order valence-electron chi connectivity index (χ0n) is 16.4. The molecule has 0 saturated carbocycles. The van der Waals surface area contributed by atoms with Crippen molar-refractivity contribution >= 4 is 29.3 Å². The minimum Gasteiger partial charge on any atom is -0.369 e. The first kappa shape index (κ1) is 19.6. The molecule has 4 rings (SSSR count). The van der Waals surface area contributed by atoms with Crippen LogP contribution in [0.2, 0.25) is 0 Å². The predicted octanol–water partition coefficient (Wildman–Crippen LogP) is 0.638. The second-order valence-corrected chi connectivity index (χ2v) is 8.07. The molecule has 3 aliphatic rings. The zero-order valence-corrected chi connectivity index (χ0v) is 16.4. The Morgan fingerprint density at radius 1 is 1.00 bits per heavy atom. The average Bonchev–Trinajstić information content (AvgIpc) is 3.27. The average molecular weight is 398 g/mol. The van der Waals surface area contributed by atoms with Gasteiger partial charge in [-0.25, -0.2) is 0 Å². The van der Waals surface area contributed by atoms with E-state index in [0.29, 0.717) is 32.4 Å². The van der Waals surface area contributed by atoms with Gasteiger partial charge in [0.1, 0.15) is 0 Å². The Kier molecular flexibility index (Phi) is 5.36. The third kappa shape index (κ3) is 3.89. The molecule has 2 N–H and O–H groups in total. The summed E-state index contributed by atoms with van der Waals surface area (Å²) in [6.45, 7) is 2.17. The SMILES string of the molecule is NC(=O)C1CCN([C@@H]2CC(=O)N(Cc3ccc(N4CCCC4=O)cc3)C2=O)CC1. The van der Waals surface area contributed by atoms with Gasteiger partial charge in [0.05, 0.1) is 19.0 Å². The van der Waals surface area contributed by atoms with Gasteiger partial charge in [0.15, 0.2) is 0 Å². The van der Waals surface area contributed by atoms with Gasteiger partial charge in [0, 0.05) is 24.6 Å². The summed E-state index contributed by atoms with van der Waals surface area (Å²) in [5, 5.41) is 0. The van der Waals surface area contributed by atoms with Crippen LogP contribution in [0.1, 0.15) is 37.7 Å². The van der Waals surface area contributed by atoms with E-state index in [2.05, 4.69) is 0 Å². The van der Waals surface area contributed by atoms with Gasteiger partial charge in [0.2, 0.25) is 23.6 Å². The summed E-state index contributed by atoms with van der Waals surface area (Å²) in [4.78, 5) is 53.6. The molecule has 0 aliphatic carbocycles. The Hall–Kier alpha value is -2.74. The topological polar surface area (TPSA) is 104 Å². The summed E-state index contributed by atoms with van der Waals surface area (Å²) in [5.41, 5.74) is 7.08. The Morgan fingerprint density at radius 3 is 2.28 bits per heavy atom. The number of rotatable bonds is 5. The fourth-order valence-electron chi connectivity index (χ4n) is 4.50. The maximum Gasteiger partial charge on any atom is 0.247 e. The molecule has 3 heterocycles. The summed E-state index contributed by atoms with van der Waals surface area (Å²) >= 11 is 0. The van der Waals surface area contributed by atoms with Crippen LogP contribution >= 0.6 is 0 Å². The molecule has 0 bridgehead atoms. The van der Waals surface area contributed by atoms with Crippen LogP contribution in [-0.4, -0.2) is 59.1 Å². The Balaban J connectivity index is 1.38. The fourth-order valence-corrected chi connectivity index (χ4v) is 4.50. The minimum absolute atomic E-state index is 0.130. The van der Waals surface area contributed by atoms with Gasteiger partial charge in [-0.05, 0) is 50.0 Å². The van der Waals surface area contributed by atoms with E-state index < -0.39 is 6.04 Å². The van der Waals surface area contributed by atoms with Crippen LogP contribution in [0.25, 0.3) is 0 Å². The molecule has 0 unspecified atom stereocenters.